The van der Waals surface area contributed by atoms with Gasteiger partial charge in [-0.3, -0.25) is 9.67 Å². The number of para-hydroxylation sites is 1. The number of nitrogens with zero attached hydrogens (tertiary/aromatic N) is 3. The zero-order valence-electron chi connectivity index (χ0n) is 11.4. The summed E-state index contributed by atoms with van der Waals surface area (Å²) in [5, 5.41) is 17.6. The molecule has 3 rings (SSSR count). The van der Waals surface area contributed by atoms with Gasteiger partial charge in [-0.25, -0.2) is 4.79 Å². The van der Waals surface area contributed by atoms with Crippen LogP contribution in [0.5, 0.6) is 0 Å². The first-order valence-corrected chi connectivity index (χ1v) is 6.48. The van der Waals surface area contributed by atoms with Gasteiger partial charge in [0.15, 0.2) is 0 Å². The number of benzene rings is 1. The zero-order valence-corrected chi connectivity index (χ0v) is 11.4. The monoisotopic (exact) mass is 282 g/mol. The van der Waals surface area contributed by atoms with Gasteiger partial charge in [0.25, 0.3) is 0 Å². The molecule has 0 aliphatic heterocycles. The van der Waals surface area contributed by atoms with Gasteiger partial charge in [0.2, 0.25) is 0 Å². The average molecular weight is 282 g/mol. The van der Waals surface area contributed by atoms with Crippen molar-refractivity contribution in [1.29, 1.82) is 0 Å². The number of fused-ring (bicyclic) bond motifs is 1. The van der Waals surface area contributed by atoms with Crippen molar-refractivity contribution >= 4 is 22.6 Å². The number of carboxylic acids is 1. The van der Waals surface area contributed by atoms with E-state index in [-0.39, 0.29) is 5.56 Å². The first kappa shape index (κ1) is 13.1. The maximum atomic E-state index is 11.4. The summed E-state index contributed by atoms with van der Waals surface area (Å²) in [4.78, 5) is 15.6. The summed E-state index contributed by atoms with van der Waals surface area (Å²) in [6.07, 6.45) is 3.23. The lowest BCUT2D eigenvalue weighted by Gasteiger charge is -2.11. The van der Waals surface area contributed by atoms with Crippen LogP contribution in [0.25, 0.3) is 10.9 Å². The molecule has 0 atom stereocenters. The number of nitrogens with one attached hydrogen (secondary N) is 1. The van der Waals surface area contributed by atoms with E-state index in [1.807, 2.05) is 43.6 Å². The molecule has 0 amide bonds. The number of hydrogen-bond acceptors (Lipinski definition) is 4. The molecule has 2 aromatic heterocycles. The van der Waals surface area contributed by atoms with E-state index < -0.39 is 5.97 Å². The highest BCUT2D eigenvalue weighted by atomic mass is 16.4. The minimum absolute atomic E-state index is 0.157. The molecule has 0 bridgehead atoms. The number of aryl methyl sites for hydroxylation is 1. The number of hydrogen-bond donors (Lipinski definition) is 2. The molecule has 21 heavy (non-hydrogen) atoms. The number of aromatic carboxylic acids is 1. The summed E-state index contributed by atoms with van der Waals surface area (Å²) >= 11 is 0. The quantitative estimate of drug-likeness (QED) is 0.767. The molecule has 0 radical (unpaired) electrons. The SMILES string of the molecule is Cn1ccc(CNc2c(C(=O)O)cnc3ccccc23)n1. The number of carboxylic acid groups (broad SMARTS) is 1. The Hall–Kier alpha value is -2.89. The van der Waals surface area contributed by atoms with Crippen molar-refractivity contribution in [3.63, 3.8) is 0 Å². The Bertz CT molecular complexity index is 810. The van der Waals surface area contributed by atoms with Crippen LogP contribution in [-0.2, 0) is 13.6 Å². The molecule has 0 spiro atoms. The third-order valence-electron chi connectivity index (χ3n) is 3.22. The molecule has 0 saturated carbocycles. The number of rotatable bonds is 4. The maximum Gasteiger partial charge on any atom is 0.339 e. The molecule has 3 aromatic rings. The molecule has 2 heterocycles. The Morgan fingerprint density at radius 2 is 2.14 bits per heavy atom. The minimum atomic E-state index is -1.00. The van der Waals surface area contributed by atoms with Gasteiger partial charge in [0, 0.05) is 24.8 Å². The smallest absolute Gasteiger partial charge is 0.339 e. The first-order chi connectivity index (χ1) is 10.1. The molecule has 2 N–H and O–H groups in total. The van der Waals surface area contributed by atoms with Crippen LogP contribution in [-0.4, -0.2) is 25.8 Å². The summed E-state index contributed by atoms with van der Waals surface area (Å²) in [5.74, 6) is -1.00. The maximum absolute atomic E-state index is 11.4. The predicted molar refractivity (Wildman–Crippen MR) is 79.2 cm³/mol. The number of aromatic nitrogens is 3. The van der Waals surface area contributed by atoms with E-state index in [0.717, 1.165) is 16.6 Å². The molecular formula is C15H14N4O2. The van der Waals surface area contributed by atoms with Crippen LogP contribution in [0.1, 0.15) is 16.1 Å². The molecule has 6 nitrogen and oxygen atoms in total. The topological polar surface area (TPSA) is 80.0 Å². The molecule has 0 saturated heterocycles. The van der Waals surface area contributed by atoms with Gasteiger partial charge in [-0.2, -0.15) is 5.10 Å². The van der Waals surface area contributed by atoms with Crippen LogP contribution in [0.3, 0.4) is 0 Å². The van der Waals surface area contributed by atoms with Crippen LogP contribution in [0.2, 0.25) is 0 Å². The molecule has 0 aliphatic carbocycles. The van der Waals surface area contributed by atoms with Crippen molar-refractivity contribution in [3.8, 4) is 0 Å². The van der Waals surface area contributed by atoms with E-state index in [1.54, 1.807) is 4.68 Å². The Labute approximate surface area is 121 Å². The molecule has 0 fully saturated rings. The van der Waals surface area contributed by atoms with Gasteiger partial charge in [0.1, 0.15) is 5.56 Å². The summed E-state index contributed by atoms with van der Waals surface area (Å²) in [6.45, 7) is 0.453. The molecule has 1 aromatic carbocycles. The highest BCUT2D eigenvalue weighted by Crippen LogP contribution is 2.26. The largest absolute Gasteiger partial charge is 0.478 e. The van der Waals surface area contributed by atoms with E-state index in [1.165, 1.54) is 6.20 Å². The number of carbonyl (C=O) groups is 1. The lowest BCUT2D eigenvalue weighted by atomic mass is 10.1. The van der Waals surface area contributed by atoms with Crippen LogP contribution < -0.4 is 5.32 Å². The fourth-order valence-corrected chi connectivity index (χ4v) is 2.23. The zero-order chi connectivity index (χ0) is 14.8. The summed E-state index contributed by atoms with van der Waals surface area (Å²) < 4.78 is 1.71. The summed E-state index contributed by atoms with van der Waals surface area (Å²) in [6, 6.07) is 9.33. The lowest BCUT2D eigenvalue weighted by molar-refractivity contribution is 0.0697. The Balaban J connectivity index is 2.01. The second-order valence-electron chi connectivity index (χ2n) is 4.70. The highest BCUT2D eigenvalue weighted by Gasteiger charge is 2.14. The third kappa shape index (κ3) is 2.55. The third-order valence-corrected chi connectivity index (χ3v) is 3.22. The molecule has 106 valence electrons. The van der Waals surface area contributed by atoms with Gasteiger partial charge in [0.05, 0.1) is 23.4 Å². The lowest BCUT2D eigenvalue weighted by Crippen LogP contribution is -2.08. The normalized spacial score (nSPS) is 10.7. The van der Waals surface area contributed by atoms with Gasteiger partial charge in [-0.1, -0.05) is 18.2 Å². The predicted octanol–water partition coefficient (Wildman–Crippen LogP) is 2.28. The van der Waals surface area contributed by atoms with Gasteiger partial charge in [-0.05, 0) is 12.1 Å². The minimum Gasteiger partial charge on any atom is -0.478 e. The number of anilines is 1. The van der Waals surface area contributed by atoms with Crippen molar-refractivity contribution in [2.75, 3.05) is 5.32 Å². The van der Waals surface area contributed by atoms with E-state index in [2.05, 4.69) is 15.4 Å². The molecular weight excluding hydrogens is 268 g/mol. The van der Waals surface area contributed by atoms with E-state index in [4.69, 9.17) is 0 Å². The van der Waals surface area contributed by atoms with E-state index >= 15 is 0 Å². The van der Waals surface area contributed by atoms with Crippen molar-refractivity contribution in [3.05, 3.63) is 54.0 Å². The average Bonchev–Trinajstić information content (AvgIpc) is 2.90. The van der Waals surface area contributed by atoms with Crippen molar-refractivity contribution in [2.24, 2.45) is 7.05 Å². The standard InChI is InChI=1S/C15H14N4O2/c1-19-7-6-10(18-19)8-17-14-11-4-2-3-5-13(11)16-9-12(14)15(20)21/h2-7,9H,8H2,1H3,(H,16,17)(H,20,21). The molecule has 6 heteroatoms. The fourth-order valence-electron chi connectivity index (χ4n) is 2.23. The van der Waals surface area contributed by atoms with Gasteiger partial charge in [-0.15, -0.1) is 0 Å². The Kier molecular flexibility index (Phi) is 3.27. The van der Waals surface area contributed by atoms with Crippen LogP contribution >= 0.6 is 0 Å². The van der Waals surface area contributed by atoms with Gasteiger partial charge < -0.3 is 10.4 Å². The van der Waals surface area contributed by atoms with Crippen molar-refractivity contribution in [1.82, 2.24) is 14.8 Å². The van der Waals surface area contributed by atoms with Crippen molar-refractivity contribution in [2.45, 2.75) is 6.54 Å². The number of pyridine rings is 1. The van der Waals surface area contributed by atoms with Crippen LogP contribution in [0.15, 0.2) is 42.7 Å². The van der Waals surface area contributed by atoms with E-state index in [0.29, 0.717) is 12.2 Å². The first-order valence-electron chi connectivity index (χ1n) is 6.48. The van der Waals surface area contributed by atoms with Crippen LogP contribution in [0.4, 0.5) is 5.69 Å². The Morgan fingerprint density at radius 1 is 1.33 bits per heavy atom. The van der Waals surface area contributed by atoms with Crippen molar-refractivity contribution < 1.29 is 9.90 Å². The van der Waals surface area contributed by atoms with Crippen LogP contribution in [0, 0.1) is 0 Å². The molecule has 0 unspecified atom stereocenters. The summed E-state index contributed by atoms with van der Waals surface area (Å²) in [7, 11) is 1.84. The van der Waals surface area contributed by atoms with E-state index in [9.17, 15) is 9.90 Å². The Morgan fingerprint density at radius 3 is 2.86 bits per heavy atom. The van der Waals surface area contributed by atoms with Gasteiger partial charge >= 0.3 is 5.97 Å². The summed E-state index contributed by atoms with van der Waals surface area (Å²) in [5.41, 5.74) is 2.32. The second-order valence-corrected chi connectivity index (χ2v) is 4.70. The second kappa shape index (κ2) is 5.24. The highest BCUT2D eigenvalue weighted by molar-refractivity contribution is 6.04. The fraction of sp³-hybridized carbons (Fsp3) is 0.133. The molecule has 0 aliphatic rings.